The Morgan fingerprint density at radius 1 is 1.14 bits per heavy atom. The van der Waals surface area contributed by atoms with Crippen LogP contribution in [-0.2, 0) is 11.3 Å². The number of aliphatic imine (C=N–C) groups is 1. The van der Waals surface area contributed by atoms with Crippen LogP contribution in [0.4, 0.5) is 0 Å². The first-order valence-electron chi connectivity index (χ1n) is 10.8. The largest absolute Gasteiger partial charge is 0.351 e. The maximum atomic E-state index is 12.7. The zero-order valence-electron chi connectivity index (χ0n) is 16.8. The summed E-state index contributed by atoms with van der Waals surface area (Å²) in [7, 11) is 0. The standard InChI is InChI=1S/C21H27N7O/c1-2-26-9-16(8-23-26)15-7-19-20(22-13-24-27(19)10-15)25-11-17-5-6-18(12-25)28(17)21(29)14-3-4-14/h7-10,14,17-18,24H,2-6,11-13H2,1H3. The SMILES string of the molecule is CCn1cc(-c2cc3n(c2)NCN=C3N2CC3CCC(C2)N3C(=O)C2CC2)cn1. The van der Waals surface area contributed by atoms with E-state index in [0.29, 0.717) is 30.6 Å². The molecule has 6 rings (SSSR count). The molecule has 1 N–H and O–H groups in total. The number of fused-ring (bicyclic) bond motifs is 3. The Hall–Kier alpha value is -2.77. The van der Waals surface area contributed by atoms with Gasteiger partial charge in [-0.05, 0) is 38.7 Å². The van der Waals surface area contributed by atoms with Gasteiger partial charge in [0.05, 0.1) is 6.20 Å². The maximum absolute atomic E-state index is 12.7. The van der Waals surface area contributed by atoms with Crippen molar-refractivity contribution in [3.8, 4) is 11.1 Å². The predicted molar refractivity (Wildman–Crippen MR) is 110 cm³/mol. The van der Waals surface area contributed by atoms with Gasteiger partial charge in [-0.15, -0.1) is 0 Å². The van der Waals surface area contributed by atoms with Gasteiger partial charge in [-0.25, -0.2) is 4.99 Å². The summed E-state index contributed by atoms with van der Waals surface area (Å²) < 4.78 is 4.03. The number of carbonyl (C=O) groups is 1. The monoisotopic (exact) mass is 393 g/mol. The molecule has 0 radical (unpaired) electrons. The van der Waals surface area contributed by atoms with E-state index in [4.69, 9.17) is 4.99 Å². The van der Waals surface area contributed by atoms with Gasteiger partial charge < -0.3 is 15.2 Å². The Labute approximate surface area is 170 Å². The Balaban J connectivity index is 1.26. The first-order valence-corrected chi connectivity index (χ1v) is 10.8. The van der Waals surface area contributed by atoms with E-state index in [-0.39, 0.29) is 0 Å². The molecule has 8 heteroatoms. The number of nitrogens with zero attached hydrogens (tertiary/aromatic N) is 6. The molecule has 2 unspecified atom stereocenters. The Morgan fingerprint density at radius 3 is 2.62 bits per heavy atom. The summed E-state index contributed by atoms with van der Waals surface area (Å²) in [5.41, 5.74) is 6.70. The van der Waals surface area contributed by atoms with E-state index in [1.807, 2.05) is 10.9 Å². The number of amides is 1. The highest BCUT2D eigenvalue weighted by atomic mass is 16.2. The molecule has 4 aliphatic rings. The number of carbonyl (C=O) groups excluding carboxylic acids is 1. The van der Waals surface area contributed by atoms with Gasteiger partial charge in [0.15, 0.2) is 5.84 Å². The summed E-state index contributed by atoms with van der Waals surface area (Å²) in [6.07, 6.45) is 10.5. The number of aryl methyl sites for hydroxylation is 1. The lowest BCUT2D eigenvalue weighted by Gasteiger charge is -2.43. The van der Waals surface area contributed by atoms with E-state index < -0.39 is 0 Å². The fraction of sp³-hybridized carbons (Fsp3) is 0.571. The molecule has 152 valence electrons. The van der Waals surface area contributed by atoms with E-state index in [1.165, 1.54) is 0 Å². The van der Waals surface area contributed by atoms with Gasteiger partial charge in [-0.2, -0.15) is 5.10 Å². The van der Waals surface area contributed by atoms with Crippen LogP contribution < -0.4 is 5.43 Å². The van der Waals surface area contributed by atoms with Crippen LogP contribution in [0.2, 0.25) is 0 Å². The third-order valence-corrected chi connectivity index (χ3v) is 6.77. The molecule has 3 fully saturated rings. The third kappa shape index (κ3) is 2.76. The van der Waals surface area contributed by atoms with Crippen molar-refractivity contribution >= 4 is 11.7 Å². The van der Waals surface area contributed by atoms with Crippen LogP contribution in [0.3, 0.4) is 0 Å². The second-order valence-corrected chi connectivity index (χ2v) is 8.68. The molecule has 2 aromatic heterocycles. The first kappa shape index (κ1) is 17.1. The molecule has 3 aliphatic heterocycles. The van der Waals surface area contributed by atoms with Crippen LogP contribution in [-0.4, -0.2) is 67.8 Å². The van der Waals surface area contributed by atoms with Crippen molar-refractivity contribution in [2.45, 2.75) is 51.2 Å². The van der Waals surface area contributed by atoms with Gasteiger partial charge in [0, 0.05) is 61.2 Å². The molecule has 2 atom stereocenters. The number of hydrogen-bond acceptors (Lipinski definition) is 5. The number of hydrogen-bond donors (Lipinski definition) is 1. The van der Waals surface area contributed by atoms with Crippen LogP contribution >= 0.6 is 0 Å². The van der Waals surface area contributed by atoms with Gasteiger partial charge in [-0.3, -0.25) is 14.2 Å². The molecule has 0 spiro atoms. The molecule has 1 aliphatic carbocycles. The molecule has 5 heterocycles. The number of likely N-dealkylation sites (tertiary alicyclic amines) is 1. The fourth-order valence-corrected chi connectivity index (χ4v) is 5.12. The Morgan fingerprint density at radius 2 is 1.93 bits per heavy atom. The van der Waals surface area contributed by atoms with E-state index in [2.05, 4.69) is 50.4 Å². The fourth-order valence-electron chi connectivity index (χ4n) is 5.12. The Bertz CT molecular complexity index is 971. The summed E-state index contributed by atoms with van der Waals surface area (Å²) in [4.78, 5) is 22.2. The number of nitrogens with one attached hydrogen (secondary N) is 1. The lowest BCUT2D eigenvalue weighted by atomic mass is 10.1. The van der Waals surface area contributed by atoms with E-state index in [1.54, 1.807) is 0 Å². The normalized spacial score (nSPS) is 25.6. The topological polar surface area (TPSA) is 70.7 Å². The molecular formula is C21H27N7O. The second-order valence-electron chi connectivity index (χ2n) is 8.68. The van der Waals surface area contributed by atoms with Gasteiger partial charge in [0.2, 0.25) is 5.91 Å². The first-order chi connectivity index (χ1) is 14.2. The molecule has 2 bridgehead atoms. The minimum atomic E-state index is 0.310. The summed E-state index contributed by atoms with van der Waals surface area (Å²) in [5.74, 6) is 1.76. The minimum absolute atomic E-state index is 0.310. The zero-order valence-corrected chi connectivity index (χ0v) is 16.8. The van der Waals surface area contributed by atoms with Crippen molar-refractivity contribution in [2.75, 3.05) is 25.2 Å². The Kier molecular flexibility index (Phi) is 3.76. The van der Waals surface area contributed by atoms with Crippen molar-refractivity contribution in [1.82, 2.24) is 24.3 Å². The average Bonchev–Trinajstić information content (AvgIpc) is 3.21. The van der Waals surface area contributed by atoms with Crippen LogP contribution in [0.15, 0.2) is 29.6 Å². The molecule has 1 amide bonds. The quantitative estimate of drug-likeness (QED) is 0.862. The van der Waals surface area contributed by atoms with Crippen LogP contribution in [0.1, 0.15) is 38.3 Å². The number of amidine groups is 1. The molecular weight excluding hydrogens is 366 g/mol. The van der Waals surface area contributed by atoms with Crippen molar-refractivity contribution in [3.63, 3.8) is 0 Å². The van der Waals surface area contributed by atoms with Crippen molar-refractivity contribution in [1.29, 1.82) is 0 Å². The van der Waals surface area contributed by atoms with E-state index in [9.17, 15) is 4.79 Å². The van der Waals surface area contributed by atoms with Gasteiger partial charge in [0.25, 0.3) is 0 Å². The maximum Gasteiger partial charge on any atom is 0.226 e. The molecule has 8 nitrogen and oxygen atoms in total. The second kappa shape index (κ2) is 6.37. The molecule has 0 aromatic carbocycles. The highest BCUT2D eigenvalue weighted by Crippen LogP contribution is 2.38. The van der Waals surface area contributed by atoms with Crippen LogP contribution in [0.5, 0.6) is 0 Å². The lowest BCUT2D eigenvalue weighted by Crippen LogP contribution is -2.58. The molecule has 2 saturated heterocycles. The molecule has 29 heavy (non-hydrogen) atoms. The summed E-state index contributed by atoms with van der Waals surface area (Å²) in [6, 6.07) is 2.88. The third-order valence-electron chi connectivity index (χ3n) is 6.77. The molecule has 2 aromatic rings. The molecule has 1 saturated carbocycles. The minimum Gasteiger partial charge on any atom is -0.351 e. The van der Waals surface area contributed by atoms with E-state index in [0.717, 1.165) is 68.0 Å². The predicted octanol–water partition coefficient (Wildman–Crippen LogP) is 1.72. The van der Waals surface area contributed by atoms with Gasteiger partial charge in [0.1, 0.15) is 12.4 Å². The van der Waals surface area contributed by atoms with Gasteiger partial charge >= 0.3 is 0 Å². The smallest absolute Gasteiger partial charge is 0.226 e. The van der Waals surface area contributed by atoms with E-state index >= 15 is 0 Å². The summed E-state index contributed by atoms with van der Waals surface area (Å²) >= 11 is 0. The van der Waals surface area contributed by atoms with Crippen molar-refractivity contribution < 1.29 is 4.79 Å². The highest BCUT2D eigenvalue weighted by Gasteiger charge is 2.47. The number of rotatable bonds is 3. The lowest BCUT2D eigenvalue weighted by molar-refractivity contribution is -0.137. The summed E-state index contributed by atoms with van der Waals surface area (Å²) in [5, 5.41) is 4.41. The zero-order chi connectivity index (χ0) is 19.5. The summed E-state index contributed by atoms with van der Waals surface area (Å²) in [6.45, 7) is 5.31. The van der Waals surface area contributed by atoms with Gasteiger partial charge in [-0.1, -0.05) is 0 Å². The number of aromatic nitrogens is 3. The number of piperazine rings is 1. The van der Waals surface area contributed by atoms with Crippen molar-refractivity contribution in [2.24, 2.45) is 10.9 Å². The van der Waals surface area contributed by atoms with Crippen LogP contribution in [0, 0.1) is 5.92 Å². The highest BCUT2D eigenvalue weighted by molar-refractivity contribution is 5.99. The average molecular weight is 393 g/mol. The van der Waals surface area contributed by atoms with Crippen molar-refractivity contribution in [3.05, 3.63) is 30.4 Å². The van der Waals surface area contributed by atoms with Crippen LogP contribution in [0.25, 0.3) is 11.1 Å².